The van der Waals surface area contributed by atoms with E-state index < -0.39 is 22.6 Å². The van der Waals surface area contributed by atoms with E-state index in [4.69, 9.17) is 0 Å². The second-order valence-electron chi connectivity index (χ2n) is 6.92. The molecule has 1 aliphatic rings. The summed E-state index contributed by atoms with van der Waals surface area (Å²) in [6.45, 7) is 1.83. The Hall–Kier alpha value is -3.06. The van der Waals surface area contributed by atoms with Crippen molar-refractivity contribution >= 4 is 5.69 Å². The summed E-state index contributed by atoms with van der Waals surface area (Å²) in [6.07, 6.45) is 2.78. The maximum Gasteiger partial charge on any atom is 0.269 e. The van der Waals surface area contributed by atoms with Crippen LogP contribution in [-0.4, -0.2) is 20.9 Å². The number of nitrogens with zero attached hydrogens (tertiary/aromatic N) is 3. The van der Waals surface area contributed by atoms with Crippen LogP contribution in [0.4, 0.5) is 14.5 Å². The van der Waals surface area contributed by atoms with Crippen LogP contribution < -0.4 is 0 Å². The van der Waals surface area contributed by atoms with E-state index in [0.29, 0.717) is 13.1 Å². The summed E-state index contributed by atoms with van der Waals surface area (Å²) in [5, 5.41) is 11.1. The number of non-ortho nitro benzene ring substituents is 1. The first-order valence-electron chi connectivity index (χ1n) is 9.11. The lowest BCUT2D eigenvalue weighted by molar-refractivity contribution is -0.384. The Kier molecular flexibility index (Phi) is 4.92. The predicted octanol–water partition coefficient (Wildman–Crippen LogP) is 4.67. The minimum Gasteiger partial charge on any atom is -0.350 e. The summed E-state index contributed by atoms with van der Waals surface area (Å²) >= 11 is 0. The standard InChI is InChI=1S/C21H19F2N3O2/c22-18-8-2-7-17(20(18)23)21-19-9-3-10-24(19)11-4-12-25(21)14-15-5-1-6-16(13-15)26(27)28/h1-3,5-10,13,21H,4,11-12,14H2/t21-/m1/s1. The van der Waals surface area contributed by atoms with Gasteiger partial charge in [-0.2, -0.15) is 0 Å². The number of halogens is 2. The molecule has 0 spiro atoms. The van der Waals surface area contributed by atoms with E-state index >= 15 is 0 Å². The molecule has 7 heteroatoms. The second kappa shape index (κ2) is 7.52. The molecule has 0 aliphatic carbocycles. The van der Waals surface area contributed by atoms with Crippen molar-refractivity contribution < 1.29 is 13.7 Å². The van der Waals surface area contributed by atoms with Crippen LogP contribution in [-0.2, 0) is 13.1 Å². The fraction of sp³-hybridized carbons (Fsp3) is 0.238. The highest BCUT2D eigenvalue weighted by atomic mass is 19.2. The molecule has 2 heterocycles. The number of aryl methyl sites for hydroxylation is 1. The first kappa shape index (κ1) is 18.3. The molecule has 0 bridgehead atoms. The van der Waals surface area contributed by atoms with Gasteiger partial charge in [0.25, 0.3) is 5.69 Å². The number of aromatic nitrogens is 1. The van der Waals surface area contributed by atoms with E-state index in [0.717, 1.165) is 30.3 Å². The van der Waals surface area contributed by atoms with Gasteiger partial charge in [-0.05, 0) is 30.2 Å². The van der Waals surface area contributed by atoms with Crippen molar-refractivity contribution in [2.75, 3.05) is 6.54 Å². The van der Waals surface area contributed by atoms with Crippen molar-refractivity contribution in [3.8, 4) is 0 Å². The summed E-state index contributed by atoms with van der Waals surface area (Å²) in [4.78, 5) is 12.7. The van der Waals surface area contributed by atoms with Crippen LogP contribution in [0.15, 0.2) is 60.8 Å². The molecular formula is C21H19F2N3O2. The van der Waals surface area contributed by atoms with Crippen LogP contribution in [0.1, 0.15) is 29.3 Å². The normalized spacial score (nSPS) is 17.1. The number of hydrogen-bond acceptors (Lipinski definition) is 3. The van der Waals surface area contributed by atoms with Crippen molar-refractivity contribution in [1.29, 1.82) is 0 Å². The van der Waals surface area contributed by atoms with Crippen LogP contribution >= 0.6 is 0 Å². The molecule has 0 saturated carbocycles. The molecule has 1 aromatic heterocycles. The maximum absolute atomic E-state index is 14.7. The van der Waals surface area contributed by atoms with Gasteiger partial charge >= 0.3 is 0 Å². The van der Waals surface area contributed by atoms with Gasteiger partial charge in [-0.15, -0.1) is 0 Å². The molecule has 1 atom stereocenters. The lowest BCUT2D eigenvalue weighted by atomic mass is 10.00. The molecule has 5 nitrogen and oxygen atoms in total. The largest absolute Gasteiger partial charge is 0.350 e. The molecule has 3 aromatic rings. The van der Waals surface area contributed by atoms with Crippen molar-refractivity contribution in [3.05, 3.63) is 99.4 Å². The van der Waals surface area contributed by atoms with Crippen molar-refractivity contribution in [1.82, 2.24) is 9.47 Å². The van der Waals surface area contributed by atoms with Gasteiger partial charge in [-0.25, -0.2) is 8.78 Å². The SMILES string of the molecule is O=[N+]([O-])c1cccc(CN2CCCn3cccc3[C@H]2c2cccc(F)c2F)c1. The van der Waals surface area contributed by atoms with E-state index in [2.05, 4.69) is 9.47 Å². The van der Waals surface area contributed by atoms with E-state index in [1.165, 1.54) is 18.2 Å². The lowest BCUT2D eigenvalue weighted by Crippen LogP contribution is -2.30. The van der Waals surface area contributed by atoms with Gasteiger partial charge in [0.05, 0.1) is 11.0 Å². The average molecular weight is 383 g/mol. The first-order valence-corrected chi connectivity index (χ1v) is 9.11. The van der Waals surface area contributed by atoms with Gasteiger partial charge in [0.15, 0.2) is 11.6 Å². The molecule has 1 aliphatic heterocycles. The monoisotopic (exact) mass is 383 g/mol. The highest BCUT2D eigenvalue weighted by Crippen LogP contribution is 2.35. The number of nitro groups is 1. The minimum atomic E-state index is -0.879. The highest BCUT2D eigenvalue weighted by molar-refractivity contribution is 5.35. The van der Waals surface area contributed by atoms with Gasteiger partial charge in [-0.3, -0.25) is 15.0 Å². The molecule has 0 unspecified atom stereocenters. The van der Waals surface area contributed by atoms with Gasteiger partial charge in [0, 0.05) is 49.2 Å². The van der Waals surface area contributed by atoms with Crippen LogP contribution in [0, 0.1) is 21.7 Å². The summed E-state index contributed by atoms with van der Waals surface area (Å²) in [7, 11) is 0. The molecule has 0 N–H and O–H groups in total. The molecule has 0 radical (unpaired) electrons. The summed E-state index contributed by atoms with van der Waals surface area (Å²) < 4.78 is 30.7. The molecule has 0 fully saturated rings. The Labute approximate surface area is 161 Å². The van der Waals surface area contributed by atoms with Crippen molar-refractivity contribution in [2.24, 2.45) is 0 Å². The quantitative estimate of drug-likeness (QED) is 0.486. The zero-order valence-electron chi connectivity index (χ0n) is 15.1. The van der Waals surface area contributed by atoms with Crippen molar-refractivity contribution in [2.45, 2.75) is 25.6 Å². The molecular weight excluding hydrogens is 364 g/mol. The first-order chi connectivity index (χ1) is 13.5. The number of hydrogen-bond donors (Lipinski definition) is 0. The van der Waals surface area contributed by atoms with Crippen molar-refractivity contribution in [3.63, 3.8) is 0 Å². The van der Waals surface area contributed by atoms with Crippen LogP contribution in [0.25, 0.3) is 0 Å². The summed E-state index contributed by atoms with van der Waals surface area (Å²) in [5.41, 5.74) is 1.93. The lowest BCUT2D eigenvalue weighted by Gasteiger charge is -2.31. The van der Waals surface area contributed by atoms with Gasteiger partial charge in [-0.1, -0.05) is 24.3 Å². The van der Waals surface area contributed by atoms with E-state index in [1.807, 2.05) is 24.4 Å². The number of rotatable bonds is 4. The zero-order valence-corrected chi connectivity index (χ0v) is 15.1. The maximum atomic E-state index is 14.7. The molecule has 0 saturated heterocycles. The summed E-state index contributed by atoms with van der Waals surface area (Å²) in [6, 6.07) is 14.0. The third-order valence-corrected chi connectivity index (χ3v) is 5.14. The fourth-order valence-corrected chi connectivity index (χ4v) is 3.90. The smallest absolute Gasteiger partial charge is 0.269 e. The third kappa shape index (κ3) is 3.41. The Morgan fingerprint density at radius 1 is 1.07 bits per heavy atom. The highest BCUT2D eigenvalue weighted by Gasteiger charge is 2.30. The van der Waals surface area contributed by atoms with E-state index in [-0.39, 0.29) is 11.3 Å². The molecule has 28 heavy (non-hydrogen) atoms. The van der Waals surface area contributed by atoms with E-state index in [9.17, 15) is 18.9 Å². The average Bonchev–Trinajstić information content (AvgIpc) is 3.07. The van der Waals surface area contributed by atoms with Crippen LogP contribution in [0.5, 0.6) is 0 Å². The van der Waals surface area contributed by atoms with E-state index in [1.54, 1.807) is 12.1 Å². The Morgan fingerprint density at radius 3 is 2.71 bits per heavy atom. The van der Waals surface area contributed by atoms with Gasteiger partial charge in [0.2, 0.25) is 0 Å². The van der Waals surface area contributed by atoms with Crippen LogP contribution in [0.2, 0.25) is 0 Å². The Bertz CT molecular complexity index is 1020. The Morgan fingerprint density at radius 2 is 1.89 bits per heavy atom. The predicted molar refractivity (Wildman–Crippen MR) is 101 cm³/mol. The summed E-state index contributed by atoms with van der Waals surface area (Å²) in [5.74, 6) is -1.73. The van der Waals surface area contributed by atoms with Gasteiger partial charge in [0.1, 0.15) is 0 Å². The topological polar surface area (TPSA) is 51.3 Å². The number of benzene rings is 2. The Balaban J connectivity index is 1.77. The third-order valence-electron chi connectivity index (χ3n) is 5.14. The molecule has 4 rings (SSSR count). The second-order valence-corrected chi connectivity index (χ2v) is 6.92. The number of nitro benzene ring substituents is 1. The van der Waals surface area contributed by atoms with Crippen LogP contribution in [0.3, 0.4) is 0 Å². The fourth-order valence-electron chi connectivity index (χ4n) is 3.90. The molecule has 144 valence electrons. The minimum absolute atomic E-state index is 0.0178. The zero-order chi connectivity index (χ0) is 19.7. The van der Waals surface area contributed by atoms with Gasteiger partial charge < -0.3 is 4.57 Å². The molecule has 0 amide bonds. The molecule has 2 aromatic carbocycles. The number of fused-ring (bicyclic) bond motifs is 1.